The Bertz CT molecular complexity index is 1130. The SMILES string of the molecule is CC(=O)Nc1cccc(N2C(=O)Cc3[nH]n(Cc4ccccc4)c(=O)c3C2C)c1. The molecular formula is C22H22N4O3. The molecule has 2 heterocycles. The van der Waals surface area contributed by atoms with Crippen LogP contribution in [0.3, 0.4) is 0 Å². The van der Waals surface area contributed by atoms with Crippen LogP contribution in [-0.2, 0) is 22.6 Å². The standard InChI is InChI=1S/C22H22N4O3/c1-14-21-19(24-25(22(21)29)13-16-7-4-3-5-8-16)12-20(28)26(14)18-10-6-9-17(11-18)23-15(2)27/h3-11,14,24H,12-13H2,1-2H3,(H,23,27). The first-order valence-corrected chi connectivity index (χ1v) is 9.49. The third-order valence-corrected chi connectivity index (χ3v) is 5.10. The number of rotatable bonds is 4. The van der Waals surface area contributed by atoms with Gasteiger partial charge in [-0.2, -0.15) is 0 Å². The molecule has 0 fully saturated rings. The fraction of sp³-hybridized carbons (Fsp3) is 0.227. The number of H-pyrrole nitrogens is 1. The molecule has 0 bridgehead atoms. The van der Waals surface area contributed by atoms with Gasteiger partial charge in [0.1, 0.15) is 0 Å². The number of hydrogen-bond donors (Lipinski definition) is 2. The van der Waals surface area contributed by atoms with Crippen LogP contribution in [0.2, 0.25) is 0 Å². The lowest BCUT2D eigenvalue weighted by Gasteiger charge is -2.32. The molecule has 148 valence electrons. The highest BCUT2D eigenvalue weighted by Gasteiger charge is 2.35. The van der Waals surface area contributed by atoms with Crippen molar-refractivity contribution in [1.29, 1.82) is 0 Å². The lowest BCUT2D eigenvalue weighted by molar-refractivity contribution is -0.119. The zero-order valence-electron chi connectivity index (χ0n) is 16.3. The number of benzene rings is 2. The normalized spacial score (nSPS) is 15.9. The van der Waals surface area contributed by atoms with Gasteiger partial charge in [0.25, 0.3) is 5.56 Å². The van der Waals surface area contributed by atoms with E-state index in [1.54, 1.807) is 33.8 Å². The number of anilines is 2. The Labute approximate surface area is 167 Å². The summed E-state index contributed by atoms with van der Waals surface area (Å²) >= 11 is 0. The van der Waals surface area contributed by atoms with Crippen LogP contribution in [0.4, 0.5) is 11.4 Å². The topological polar surface area (TPSA) is 87.2 Å². The zero-order valence-corrected chi connectivity index (χ0v) is 16.3. The molecule has 2 aromatic carbocycles. The molecule has 4 rings (SSSR count). The molecule has 1 atom stereocenters. The minimum atomic E-state index is -0.417. The zero-order chi connectivity index (χ0) is 20.5. The Balaban J connectivity index is 1.68. The second-order valence-corrected chi connectivity index (χ2v) is 7.23. The van der Waals surface area contributed by atoms with Gasteiger partial charge in [-0.3, -0.25) is 19.5 Å². The average Bonchev–Trinajstić information content (AvgIpc) is 2.97. The van der Waals surface area contributed by atoms with Gasteiger partial charge in [-0.1, -0.05) is 36.4 Å². The van der Waals surface area contributed by atoms with Crippen molar-refractivity contribution in [2.45, 2.75) is 32.9 Å². The molecule has 7 nitrogen and oxygen atoms in total. The highest BCUT2D eigenvalue weighted by atomic mass is 16.2. The lowest BCUT2D eigenvalue weighted by Crippen LogP contribution is -2.41. The Morgan fingerprint density at radius 1 is 1.14 bits per heavy atom. The van der Waals surface area contributed by atoms with Crippen LogP contribution in [0.1, 0.15) is 36.7 Å². The lowest BCUT2D eigenvalue weighted by atomic mass is 9.99. The maximum Gasteiger partial charge on any atom is 0.272 e. The van der Waals surface area contributed by atoms with Crippen molar-refractivity contribution in [3.05, 3.63) is 81.8 Å². The molecule has 7 heteroatoms. The summed E-state index contributed by atoms with van der Waals surface area (Å²) in [4.78, 5) is 38.9. The van der Waals surface area contributed by atoms with Crippen molar-refractivity contribution in [1.82, 2.24) is 9.78 Å². The summed E-state index contributed by atoms with van der Waals surface area (Å²) in [5.41, 5.74) is 3.41. The number of hydrogen-bond acceptors (Lipinski definition) is 3. The summed E-state index contributed by atoms with van der Waals surface area (Å²) in [6.45, 7) is 3.71. The Kier molecular flexibility index (Phi) is 4.80. The second kappa shape index (κ2) is 7.43. The predicted octanol–water partition coefficient (Wildman–Crippen LogP) is 2.83. The molecule has 1 aromatic heterocycles. The van der Waals surface area contributed by atoms with Gasteiger partial charge in [0.15, 0.2) is 0 Å². The monoisotopic (exact) mass is 390 g/mol. The van der Waals surface area contributed by atoms with Gasteiger partial charge in [-0.15, -0.1) is 0 Å². The molecule has 0 radical (unpaired) electrons. The number of nitrogens with zero attached hydrogens (tertiary/aromatic N) is 2. The van der Waals surface area contributed by atoms with Crippen molar-refractivity contribution < 1.29 is 9.59 Å². The molecule has 3 aromatic rings. The fourth-order valence-corrected chi connectivity index (χ4v) is 3.88. The minimum absolute atomic E-state index is 0.0990. The Morgan fingerprint density at radius 3 is 2.62 bits per heavy atom. The van der Waals surface area contributed by atoms with Crippen molar-refractivity contribution >= 4 is 23.2 Å². The molecule has 0 saturated carbocycles. The maximum atomic E-state index is 13.1. The van der Waals surface area contributed by atoms with Crippen molar-refractivity contribution in [3.63, 3.8) is 0 Å². The molecule has 0 aliphatic carbocycles. The summed E-state index contributed by atoms with van der Waals surface area (Å²) in [6.07, 6.45) is 0.126. The van der Waals surface area contributed by atoms with Crippen LogP contribution in [0, 0.1) is 0 Å². The van der Waals surface area contributed by atoms with Crippen molar-refractivity contribution in [3.8, 4) is 0 Å². The van der Waals surface area contributed by atoms with E-state index in [9.17, 15) is 14.4 Å². The number of fused-ring (bicyclic) bond motifs is 1. The van der Waals surface area contributed by atoms with Crippen LogP contribution in [0.25, 0.3) is 0 Å². The van der Waals surface area contributed by atoms with E-state index in [1.807, 2.05) is 37.3 Å². The molecule has 29 heavy (non-hydrogen) atoms. The summed E-state index contributed by atoms with van der Waals surface area (Å²) in [5, 5.41) is 5.85. The van der Waals surface area contributed by atoms with Crippen LogP contribution in [0.5, 0.6) is 0 Å². The van der Waals surface area contributed by atoms with E-state index in [-0.39, 0.29) is 23.8 Å². The minimum Gasteiger partial charge on any atom is -0.326 e. The highest BCUT2D eigenvalue weighted by Crippen LogP contribution is 2.33. The van der Waals surface area contributed by atoms with E-state index in [4.69, 9.17) is 0 Å². The first-order valence-electron chi connectivity index (χ1n) is 9.49. The predicted molar refractivity (Wildman–Crippen MR) is 111 cm³/mol. The van der Waals surface area contributed by atoms with Gasteiger partial charge in [-0.05, 0) is 30.7 Å². The average molecular weight is 390 g/mol. The molecule has 2 amide bonds. The van der Waals surface area contributed by atoms with Gasteiger partial charge >= 0.3 is 0 Å². The Hall–Kier alpha value is -3.61. The summed E-state index contributed by atoms with van der Waals surface area (Å²) < 4.78 is 1.56. The van der Waals surface area contributed by atoms with E-state index in [1.165, 1.54) is 6.92 Å². The highest BCUT2D eigenvalue weighted by molar-refractivity contribution is 5.98. The van der Waals surface area contributed by atoms with Gasteiger partial charge < -0.3 is 10.2 Å². The van der Waals surface area contributed by atoms with E-state index >= 15 is 0 Å². The molecule has 0 saturated heterocycles. The largest absolute Gasteiger partial charge is 0.326 e. The third kappa shape index (κ3) is 3.59. The van der Waals surface area contributed by atoms with Crippen molar-refractivity contribution in [2.75, 3.05) is 10.2 Å². The van der Waals surface area contributed by atoms with Crippen LogP contribution >= 0.6 is 0 Å². The number of nitrogens with one attached hydrogen (secondary N) is 2. The number of aromatic nitrogens is 2. The molecular weight excluding hydrogens is 368 g/mol. The Morgan fingerprint density at radius 2 is 1.90 bits per heavy atom. The van der Waals surface area contributed by atoms with Crippen molar-refractivity contribution in [2.24, 2.45) is 0 Å². The first kappa shape index (κ1) is 18.7. The van der Waals surface area contributed by atoms with E-state index in [0.717, 1.165) is 5.56 Å². The molecule has 2 N–H and O–H groups in total. The molecule has 1 aliphatic heterocycles. The van der Waals surface area contributed by atoms with E-state index in [0.29, 0.717) is 29.2 Å². The van der Waals surface area contributed by atoms with Gasteiger partial charge in [0.05, 0.1) is 30.3 Å². The van der Waals surface area contributed by atoms with Gasteiger partial charge in [0.2, 0.25) is 11.8 Å². The fourth-order valence-electron chi connectivity index (χ4n) is 3.88. The van der Waals surface area contributed by atoms with Crippen LogP contribution in [0.15, 0.2) is 59.4 Å². The number of amides is 2. The number of carbonyl (C=O) groups is 2. The first-order chi connectivity index (χ1) is 13.9. The van der Waals surface area contributed by atoms with Gasteiger partial charge in [-0.25, -0.2) is 4.68 Å². The second-order valence-electron chi connectivity index (χ2n) is 7.23. The maximum absolute atomic E-state index is 13.1. The summed E-state index contributed by atoms with van der Waals surface area (Å²) in [7, 11) is 0. The van der Waals surface area contributed by atoms with Crippen LogP contribution < -0.4 is 15.8 Å². The third-order valence-electron chi connectivity index (χ3n) is 5.10. The molecule has 1 unspecified atom stereocenters. The van der Waals surface area contributed by atoms with E-state index < -0.39 is 6.04 Å². The van der Waals surface area contributed by atoms with E-state index in [2.05, 4.69) is 10.4 Å². The van der Waals surface area contributed by atoms with Gasteiger partial charge in [0, 0.05) is 18.3 Å². The smallest absolute Gasteiger partial charge is 0.272 e. The number of carbonyl (C=O) groups excluding carboxylic acids is 2. The summed E-state index contributed by atoms with van der Waals surface area (Å²) in [6, 6.07) is 16.4. The summed E-state index contributed by atoms with van der Waals surface area (Å²) in [5.74, 6) is -0.282. The molecule has 0 spiro atoms. The number of aromatic amines is 1. The van der Waals surface area contributed by atoms with Crippen LogP contribution in [-0.4, -0.2) is 21.6 Å². The quantitative estimate of drug-likeness (QED) is 0.718. The molecule has 1 aliphatic rings.